The maximum absolute atomic E-state index is 15.1. The summed E-state index contributed by atoms with van der Waals surface area (Å²) < 4.78 is 42.6. The summed E-state index contributed by atoms with van der Waals surface area (Å²) in [5, 5.41) is 20.7. The van der Waals surface area contributed by atoms with E-state index in [9.17, 15) is 24.4 Å². The van der Waals surface area contributed by atoms with Crippen molar-refractivity contribution >= 4 is 8.25 Å². The Morgan fingerprint density at radius 2 is 1.97 bits per heavy atom. The number of ether oxygens (including phenoxy) is 1. The molecule has 10 nitrogen and oxygen atoms in total. The Balaban J connectivity index is 1.68. The normalized spacial score (nSPS) is 29.7. The summed E-state index contributed by atoms with van der Waals surface area (Å²) in [5.41, 5.74) is -3.23. The first-order valence-corrected chi connectivity index (χ1v) is 9.59. The molecule has 5 atom stereocenters. The van der Waals surface area contributed by atoms with Crippen molar-refractivity contribution in [3.05, 3.63) is 69.0 Å². The van der Waals surface area contributed by atoms with Gasteiger partial charge in [-0.3, -0.25) is 14.3 Å². The zero-order chi connectivity index (χ0) is 21.2. The number of nitrogens with one attached hydrogen (secondary N) is 1. The van der Waals surface area contributed by atoms with Gasteiger partial charge in [0.2, 0.25) is 0 Å². The van der Waals surface area contributed by atoms with E-state index in [2.05, 4.69) is 0 Å². The van der Waals surface area contributed by atoms with E-state index in [4.69, 9.17) is 13.8 Å². The molecule has 2 aromatic rings. The summed E-state index contributed by atoms with van der Waals surface area (Å²) in [5.74, 6) is -3.00. The van der Waals surface area contributed by atoms with E-state index >= 15 is 4.39 Å². The lowest BCUT2D eigenvalue weighted by Crippen LogP contribution is -2.49. The number of benzene rings is 1. The topological polar surface area (TPSA) is 140 Å². The van der Waals surface area contributed by atoms with Gasteiger partial charge in [-0.1, -0.05) is 30.3 Å². The first-order valence-electron chi connectivity index (χ1n) is 8.49. The van der Waals surface area contributed by atoms with Crippen LogP contribution in [-0.2, 0) is 25.0 Å². The van der Waals surface area contributed by atoms with Crippen molar-refractivity contribution in [2.45, 2.75) is 37.3 Å². The standard InChI is InChI=1S/C17H18FN2O8P/c1-16(24)13(22)17(18,28-14(16)20-8-7-12(21)19-15(20)23)10-27-29(25)26-9-11-5-3-2-4-6-11/h2-8,13-14,22,24H,9-10H2,1H3/p+1/t13?,14-,16-,17-/m1/s1. The molecule has 1 fully saturated rings. The molecule has 3 N–H and O–H groups in total. The molecule has 2 heterocycles. The number of nitrogens with zero attached hydrogens (tertiary/aromatic N) is 1. The van der Waals surface area contributed by atoms with Crippen LogP contribution in [0.2, 0.25) is 0 Å². The highest BCUT2D eigenvalue weighted by Gasteiger charge is 2.64. The van der Waals surface area contributed by atoms with Crippen molar-refractivity contribution < 1.29 is 33.0 Å². The quantitative estimate of drug-likeness (QED) is 0.548. The Hall–Kier alpha value is -2.27. The molecule has 0 aliphatic carbocycles. The van der Waals surface area contributed by atoms with Crippen LogP contribution in [0.1, 0.15) is 18.7 Å². The van der Waals surface area contributed by atoms with Crippen molar-refractivity contribution in [1.29, 1.82) is 0 Å². The highest BCUT2D eigenvalue weighted by atomic mass is 31.1. The number of H-pyrrole nitrogens is 1. The van der Waals surface area contributed by atoms with Crippen molar-refractivity contribution in [2.75, 3.05) is 6.61 Å². The molecule has 0 radical (unpaired) electrons. The average molecular weight is 429 g/mol. The van der Waals surface area contributed by atoms with Gasteiger partial charge in [0.25, 0.3) is 11.4 Å². The molecular weight excluding hydrogens is 410 g/mol. The van der Waals surface area contributed by atoms with E-state index in [0.717, 1.165) is 23.8 Å². The fourth-order valence-electron chi connectivity index (χ4n) is 2.88. The van der Waals surface area contributed by atoms with Crippen molar-refractivity contribution in [1.82, 2.24) is 9.55 Å². The van der Waals surface area contributed by atoms with Crippen molar-refractivity contribution in [3.63, 3.8) is 0 Å². The fraction of sp³-hybridized carbons (Fsp3) is 0.412. The number of aromatic nitrogens is 2. The van der Waals surface area contributed by atoms with E-state index in [1.54, 1.807) is 30.3 Å². The molecule has 29 heavy (non-hydrogen) atoms. The van der Waals surface area contributed by atoms with Crippen LogP contribution in [0, 0.1) is 0 Å². The van der Waals surface area contributed by atoms with E-state index < -0.39 is 49.9 Å². The predicted molar refractivity (Wildman–Crippen MR) is 96.7 cm³/mol. The Morgan fingerprint density at radius 1 is 1.28 bits per heavy atom. The minimum Gasteiger partial charge on any atom is -0.384 e. The molecular formula is C17H19FN2O8P+. The van der Waals surface area contributed by atoms with E-state index in [1.165, 1.54) is 0 Å². The molecule has 1 aliphatic rings. The summed E-state index contributed by atoms with van der Waals surface area (Å²) in [4.78, 5) is 25.1. The molecule has 1 aromatic carbocycles. The monoisotopic (exact) mass is 429 g/mol. The Labute approximate surface area is 164 Å². The Morgan fingerprint density at radius 3 is 2.62 bits per heavy atom. The highest BCUT2D eigenvalue weighted by Crippen LogP contribution is 2.45. The lowest BCUT2D eigenvalue weighted by Gasteiger charge is -2.27. The first-order chi connectivity index (χ1) is 13.6. The smallest absolute Gasteiger partial charge is 0.384 e. The van der Waals surface area contributed by atoms with Gasteiger partial charge in [0, 0.05) is 16.8 Å². The highest BCUT2D eigenvalue weighted by molar-refractivity contribution is 7.33. The van der Waals surface area contributed by atoms with E-state index in [1.807, 2.05) is 4.98 Å². The van der Waals surface area contributed by atoms with Crippen LogP contribution in [0.15, 0.2) is 52.2 Å². The van der Waals surface area contributed by atoms with Crippen LogP contribution in [0.25, 0.3) is 0 Å². The van der Waals surface area contributed by atoms with Gasteiger partial charge in [-0.2, -0.15) is 0 Å². The number of alkyl halides is 1. The second-order valence-corrected chi connectivity index (χ2v) is 7.62. The summed E-state index contributed by atoms with van der Waals surface area (Å²) in [6.45, 7) is -0.0398. The molecule has 156 valence electrons. The third-order valence-corrected chi connectivity index (χ3v) is 5.10. The molecule has 3 rings (SSSR count). The summed E-state index contributed by atoms with van der Waals surface area (Å²) in [7, 11) is -2.76. The second-order valence-electron chi connectivity index (χ2n) is 6.66. The lowest BCUT2D eigenvalue weighted by molar-refractivity contribution is -0.203. The molecule has 1 saturated heterocycles. The number of hydrogen-bond acceptors (Lipinski definition) is 8. The Kier molecular flexibility index (Phi) is 6.08. The zero-order valence-electron chi connectivity index (χ0n) is 15.2. The average Bonchev–Trinajstić information content (AvgIpc) is 2.86. The van der Waals surface area contributed by atoms with Gasteiger partial charge in [0.05, 0.1) is 0 Å². The maximum atomic E-state index is 15.1. The van der Waals surface area contributed by atoms with Crippen molar-refractivity contribution in [3.8, 4) is 0 Å². The van der Waals surface area contributed by atoms with Crippen LogP contribution < -0.4 is 11.2 Å². The molecule has 2 unspecified atom stereocenters. The second kappa shape index (κ2) is 8.23. The molecule has 0 bridgehead atoms. The van der Waals surface area contributed by atoms with Crippen LogP contribution in [-0.4, -0.2) is 43.9 Å². The predicted octanol–water partition coefficient (Wildman–Crippen LogP) is 0.734. The van der Waals surface area contributed by atoms with Crippen LogP contribution in [0.3, 0.4) is 0 Å². The minimum absolute atomic E-state index is 0.0497. The van der Waals surface area contributed by atoms with Gasteiger partial charge in [-0.25, -0.2) is 9.18 Å². The number of rotatable bonds is 7. The third-order valence-electron chi connectivity index (χ3n) is 4.42. The number of aliphatic hydroxyl groups is 2. The van der Waals surface area contributed by atoms with Gasteiger partial charge >= 0.3 is 13.9 Å². The van der Waals surface area contributed by atoms with Gasteiger partial charge in [-0.05, 0) is 12.5 Å². The SMILES string of the molecule is C[C@@]1(O)C(O)[C@@](F)(CO[P+](=O)OCc2ccccc2)O[C@H]1n1ccc(=O)[nH]c1=O. The third kappa shape index (κ3) is 4.50. The van der Waals surface area contributed by atoms with Crippen LogP contribution in [0.5, 0.6) is 0 Å². The van der Waals surface area contributed by atoms with Crippen LogP contribution >= 0.6 is 8.25 Å². The van der Waals surface area contributed by atoms with Crippen LogP contribution in [0.4, 0.5) is 4.39 Å². The molecule has 1 aromatic heterocycles. The van der Waals surface area contributed by atoms with Crippen molar-refractivity contribution in [2.24, 2.45) is 0 Å². The largest absolute Gasteiger partial charge is 0.697 e. The zero-order valence-corrected chi connectivity index (χ0v) is 16.1. The molecule has 0 spiro atoms. The summed E-state index contributed by atoms with van der Waals surface area (Å²) in [6.07, 6.45) is -2.85. The van der Waals surface area contributed by atoms with Gasteiger partial charge in [0.15, 0.2) is 12.8 Å². The lowest BCUT2D eigenvalue weighted by atomic mass is 9.95. The molecule has 1 aliphatic heterocycles. The number of hydrogen-bond donors (Lipinski definition) is 3. The van der Waals surface area contributed by atoms with Gasteiger partial charge in [0.1, 0.15) is 18.3 Å². The molecule has 0 amide bonds. The number of halogens is 1. The minimum atomic E-state index is -3.00. The molecule has 12 heteroatoms. The summed E-state index contributed by atoms with van der Waals surface area (Å²) >= 11 is 0. The first kappa shape index (κ1) is 21.4. The summed E-state index contributed by atoms with van der Waals surface area (Å²) in [6, 6.07) is 9.73. The number of aromatic amines is 1. The Bertz CT molecular complexity index is 995. The molecule has 0 saturated carbocycles. The van der Waals surface area contributed by atoms with E-state index in [-0.39, 0.29) is 6.61 Å². The number of aliphatic hydroxyl groups excluding tert-OH is 1. The van der Waals surface area contributed by atoms with E-state index in [0.29, 0.717) is 5.56 Å². The van der Waals surface area contributed by atoms with Gasteiger partial charge in [-0.15, -0.1) is 9.05 Å². The van der Waals surface area contributed by atoms with Gasteiger partial charge < -0.3 is 14.9 Å². The fourth-order valence-corrected chi connectivity index (χ4v) is 3.49. The maximum Gasteiger partial charge on any atom is 0.697 e.